The number of nitro groups is 1. The number of nitro benzene ring substituents is 1. The van der Waals surface area contributed by atoms with Crippen LogP contribution in [-0.4, -0.2) is 27.7 Å². The Balaban J connectivity index is 2.47. The van der Waals surface area contributed by atoms with Crippen molar-refractivity contribution in [3.63, 3.8) is 0 Å². The molecule has 0 aliphatic rings. The molecule has 0 aliphatic carbocycles. The summed E-state index contributed by atoms with van der Waals surface area (Å²) in [6.07, 6.45) is -0.572. The van der Waals surface area contributed by atoms with E-state index in [0.29, 0.717) is 5.69 Å². The Hall–Kier alpha value is -1.73. The normalized spacial score (nSPS) is 12.6. The lowest BCUT2D eigenvalue weighted by Crippen LogP contribution is -2.16. The number of aliphatic hydroxyl groups excluding tert-OH is 1. The quantitative estimate of drug-likeness (QED) is 0.655. The van der Waals surface area contributed by atoms with Crippen LogP contribution in [0.15, 0.2) is 12.1 Å². The number of aromatic nitrogens is 1. The molecular weight excluding hydrogens is 254 g/mol. The third kappa shape index (κ3) is 2.57. The van der Waals surface area contributed by atoms with E-state index in [2.05, 4.69) is 10.3 Å². The number of benzene rings is 1. The molecule has 0 amide bonds. The summed E-state index contributed by atoms with van der Waals surface area (Å²) in [5.41, 5.74) is 1.13. The van der Waals surface area contributed by atoms with Crippen molar-refractivity contribution in [2.45, 2.75) is 20.0 Å². The molecule has 1 unspecified atom stereocenters. The maximum absolute atomic E-state index is 11.0. The van der Waals surface area contributed by atoms with E-state index in [1.54, 1.807) is 13.0 Å². The molecule has 1 atom stereocenters. The summed E-state index contributed by atoms with van der Waals surface area (Å²) in [7, 11) is 0. The molecule has 7 heteroatoms. The Morgan fingerprint density at radius 3 is 2.94 bits per heavy atom. The fourth-order valence-electron chi connectivity index (χ4n) is 1.63. The van der Waals surface area contributed by atoms with Crippen LogP contribution in [0, 0.1) is 17.0 Å². The van der Waals surface area contributed by atoms with Gasteiger partial charge in [-0.15, -0.1) is 11.3 Å². The molecule has 18 heavy (non-hydrogen) atoms. The second kappa shape index (κ2) is 4.87. The highest BCUT2D eigenvalue weighted by molar-refractivity contribution is 7.18. The minimum Gasteiger partial charge on any atom is -0.392 e. The first-order valence-electron chi connectivity index (χ1n) is 5.45. The van der Waals surface area contributed by atoms with Gasteiger partial charge in [0, 0.05) is 12.6 Å². The van der Waals surface area contributed by atoms with Gasteiger partial charge >= 0.3 is 0 Å². The number of anilines is 1. The van der Waals surface area contributed by atoms with Crippen molar-refractivity contribution in [2.24, 2.45) is 0 Å². The first-order valence-corrected chi connectivity index (χ1v) is 6.26. The van der Waals surface area contributed by atoms with Gasteiger partial charge in [0.2, 0.25) is 0 Å². The van der Waals surface area contributed by atoms with Gasteiger partial charge in [0.25, 0.3) is 5.69 Å². The fourth-order valence-corrected chi connectivity index (χ4v) is 2.47. The van der Waals surface area contributed by atoms with Crippen molar-refractivity contribution >= 4 is 32.9 Å². The van der Waals surface area contributed by atoms with E-state index in [1.165, 1.54) is 17.4 Å². The van der Waals surface area contributed by atoms with Gasteiger partial charge in [-0.25, -0.2) is 4.98 Å². The second-order valence-electron chi connectivity index (χ2n) is 4.06. The molecule has 1 aromatic heterocycles. The number of fused-ring (bicyclic) bond motifs is 1. The van der Waals surface area contributed by atoms with Crippen LogP contribution in [0.3, 0.4) is 0 Å². The Bertz CT molecular complexity index is 594. The van der Waals surface area contributed by atoms with Crippen LogP contribution in [0.2, 0.25) is 0 Å². The number of aryl methyl sites for hydroxylation is 1. The van der Waals surface area contributed by atoms with E-state index < -0.39 is 11.0 Å². The van der Waals surface area contributed by atoms with Crippen LogP contribution in [0.5, 0.6) is 0 Å². The second-order valence-corrected chi connectivity index (χ2v) is 5.29. The van der Waals surface area contributed by atoms with Crippen LogP contribution in [-0.2, 0) is 0 Å². The van der Waals surface area contributed by atoms with Crippen molar-refractivity contribution in [3.05, 3.63) is 27.3 Å². The summed E-state index contributed by atoms with van der Waals surface area (Å²) in [6.45, 7) is 3.74. The molecule has 96 valence electrons. The number of nitrogens with one attached hydrogen (secondary N) is 1. The summed E-state index contributed by atoms with van der Waals surface area (Å²) >= 11 is 1.42. The van der Waals surface area contributed by atoms with Gasteiger partial charge in [0.1, 0.15) is 5.69 Å². The minimum atomic E-state index is -0.572. The van der Waals surface area contributed by atoms with Crippen LogP contribution >= 0.6 is 11.3 Å². The van der Waals surface area contributed by atoms with Gasteiger partial charge in [0.15, 0.2) is 0 Å². The molecule has 1 heterocycles. The van der Waals surface area contributed by atoms with E-state index in [1.807, 2.05) is 6.92 Å². The summed E-state index contributed by atoms with van der Waals surface area (Å²) in [5, 5.41) is 24.0. The monoisotopic (exact) mass is 267 g/mol. The van der Waals surface area contributed by atoms with Crippen molar-refractivity contribution < 1.29 is 10.0 Å². The fraction of sp³-hybridized carbons (Fsp3) is 0.364. The Morgan fingerprint density at radius 2 is 2.33 bits per heavy atom. The first kappa shape index (κ1) is 12.7. The van der Waals surface area contributed by atoms with E-state index in [9.17, 15) is 15.2 Å². The average molecular weight is 267 g/mol. The van der Waals surface area contributed by atoms with Gasteiger partial charge in [-0.05, 0) is 19.9 Å². The van der Waals surface area contributed by atoms with Gasteiger partial charge < -0.3 is 10.4 Å². The van der Waals surface area contributed by atoms with E-state index in [0.717, 1.165) is 15.2 Å². The topological polar surface area (TPSA) is 88.3 Å². The molecule has 0 radical (unpaired) electrons. The summed E-state index contributed by atoms with van der Waals surface area (Å²) < 4.78 is 0.793. The van der Waals surface area contributed by atoms with Gasteiger partial charge in [-0.1, -0.05) is 0 Å². The Kier molecular flexibility index (Phi) is 3.44. The van der Waals surface area contributed by atoms with Gasteiger partial charge in [-0.3, -0.25) is 10.1 Å². The molecule has 0 aliphatic heterocycles. The Morgan fingerprint density at radius 1 is 1.61 bits per heavy atom. The molecule has 0 saturated carbocycles. The number of nitrogens with zero attached hydrogens (tertiary/aromatic N) is 2. The maximum Gasteiger partial charge on any atom is 0.293 e. The molecular formula is C11H13N3O3S. The van der Waals surface area contributed by atoms with Crippen molar-refractivity contribution in [2.75, 3.05) is 11.9 Å². The molecule has 6 nitrogen and oxygen atoms in total. The smallest absolute Gasteiger partial charge is 0.293 e. The van der Waals surface area contributed by atoms with E-state index >= 15 is 0 Å². The van der Waals surface area contributed by atoms with E-state index in [-0.39, 0.29) is 12.2 Å². The largest absolute Gasteiger partial charge is 0.392 e. The standard InChI is InChI=1S/C11H13N3O3S/c1-6(15)5-12-8-3-9-11(18-7(2)13-9)4-10(8)14(16)17/h3-4,6,12,15H,5H2,1-2H3. The first-order chi connectivity index (χ1) is 8.47. The molecule has 2 N–H and O–H groups in total. The zero-order valence-corrected chi connectivity index (χ0v) is 10.8. The number of thiazole rings is 1. The third-order valence-corrected chi connectivity index (χ3v) is 3.33. The Labute approximate surface area is 107 Å². The lowest BCUT2D eigenvalue weighted by atomic mass is 10.2. The van der Waals surface area contributed by atoms with Crippen molar-refractivity contribution in [1.29, 1.82) is 0 Å². The van der Waals surface area contributed by atoms with Gasteiger partial charge in [-0.2, -0.15) is 0 Å². The average Bonchev–Trinajstić information content (AvgIpc) is 2.63. The summed E-state index contributed by atoms with van der Waals surface area (Å²) in [5.74, 6) is 0. The summed E-state index contributed by atoms with van der Waals surface area (Å²) in [6, 6.07) is 3.17. The maximum atomic E-state index is 11.0. The van der Waals surface area contributed by atoms with Crippen LogP contribution < -0.4 is 5.32 Å². The zero-order valence-electron chi connectivity index (χ0n) is 10.0. The summed E-state index contributed by atoms with van der Waals surface area (Å²) in [4.78, 5) is 14.9. The van der Waals surface area contributed by atoms with Crippen molar-refractivity contribution in [3.8, 4) is 0 Å². The number of rotatable bonds is 4. The zero-order chi connectivity index (χ0) is 13.3. The highest BCUT2D eigenvalue weighted by atomic mass is 32.1. The predicted molar refractivity (Wildman–Crippen MR) is 71.2 cm³/mol. The molecule has 0 saturated heterocycles. The lowest BCUT2D eigenvalue weighted by Gasteiger charge is -2.08. The minimum absolute atomic E-state index is 0.00630. The lowest BCUT2D eigenvalue weighted by molar-refractivity contribution is -0.383. The predicted octanol–water partition coefficient (Wildman–Crippen LogP) is 2.31. The highest BCUT2D eigenvalue weighted by Gasteiger charge is 2.17. The number of hydrogen-bond donors (Lipinski definition) is 2. The van der Waals surface area contributed by atoms with Gasteiger partial charge in [0.05, 0.1) is 26.3 Å². The third-order valence-electron chi connectivity index (χ3n) is 2.40. The molecule has 0 fully saturated rings. The van der Waals surface area contributed by atoms with Crippen LogP contribution in [0.4, 0.5) is 11.4 Å². The number of hydrogen-bond acceptors (Lipinski definition) is 6. The highest BCUT2D eigenvalue weighted by Crippen LogP contribution is 2.32. The van der Waals surface area contributed by atoms with Crippen LogP contribution in [0.25, 0.3) is 10.2 Å². The number of aliphatic hydroxyl groups is 1. The molecule has 2 aromatic rings. The molecule has 0 spiro atoms. The molecule has 1 aromatic carbocycles. The van der Waals surface area contributed by atoms with E-state index in [4.69, 9.17) is 0 Å². The van der Waals surface area contributed by atoms with Crippen LogP contribution in [0.1, 0.15) is 11.9 Å². The van der Waals surface area contributed by atoms with Crippen molar-refractivity contribution in [1.82, 2.24) is 4.98 Å². The SMILES string of the molecule is Cc1nc2cc(NCC(C)O)c([N+](=O)[O-])cc2s1. The molecule has 0 bridgehead atoms. The molecule has 2 rings (SSSR count).